The Balaban J connectivity index is 1.86. The van der Waals surface area contributed by atoms with Crippen molar-refractivity contribution in [2.24, 2.45) is 0 Å². The Hall–Kier alpha value is -1.88. The van der Waals surface area contributed by atoms with Gasteiger partial charge in [0.1, 0.15) is 5.75 Å². The molecule has 1 saturated heterocycles. The van der Waals surface area contributed by atoms with Crippen LogP contribution in [0.1, 0.15) is 31.6 Å². The Morgan fingerprint density at radius 2 is 2.25 bits per heavy atom. The highest BCUT2D eigenvalue weighted by atomic mass is 16.5. The van der Waals surface area contributed by atoms with Crippen LogP contribution in [0, 0.1) is 0 Å². The number of rotatable bonds is 4. The molecule has 0 aliphatic carbocycles. The summed E-state index contributed by atoms with van der Waals surface area (Å²) in [4.78, 5) is 0. The van der Waals surface area contributed by atoms with Crippen molar-refractivity contribution in [3.63, 3.8) is 0 Å². The van der Waals surface area contributed by atoms with Gasteiger partial charge in [-0.1, -0.05) is 12.1 Å². The van der Waals surface area contributed by atoms with Gasteiger partial charge in [0, 0.05) is 12.5 Å². The topological polar surface area (TPSA) is 60.2 Å². The SMILES string of the molecule is CCOc1ccccc1-c1nnc(C2CCCNC2)o1. The van der Waals surface area contributed by atoms with Gasteiger partial charge in [-0.3, -0.25) is 0 Å². The third kappa shape index (κ3) is 2.67. The van der Waals surface area contributed by atoms with Crippen LogP contribution in [0.3, 0.4) is 0 Å². The lowest BCUT2D eigenvalue weighted by Crippen LogP contribution is -2.28. The van der Waals surface area contributed by atoms with E-state index >= 15 is 0 Å². The van der Waals surface area contributed by atoms with E-state index in [9.17, 15) is 0 Å². The summed E-state index contributed by atoms with van der Waals surface area (Å²) in [7, 11) is 0. The zero-order valence-electron chi connectivity index (χ0n) is 11.6. The molecule has 0 saturated carbocycles. The van der Waals surface area contributed by atoms with Crippen molar-refractivity contribution < 1.29 is 9.15 Å². The fraction of sp³-hybridized carbons (Fsp3) is 0.467. The van der Waals surface area contributed by atoms with E-state index in [2.05, 4.69) is 15.5 Å². The van der Waals surface area contributed by atoms with E-state index in [0.717, 1.165) is 43.1 Å². The van der Waals surface area contributed by atoms with Crippen molar-refractivity contribution >= 4 is 0 Å². The van der Waals surface area contributed by atoms with Gasteiger partial charge < -0.3 is 14.5 Å². The van der Waals surface area contributed by atoms with Crippen molar-refractivity contribution in [3.8, 4) is 17.2 Å². The minimum Gasteiger partial charge on any atom is -0.493 e. The molecule has 5 nitrogen and oxygen atoms in total. The number of hydrogen-bond acceptors (Lipinski definition) is 5. The highest BCUT2D eigenvalue weighted by molar-refractivity contribution is 5.62. The summed E-state index contributed by atoms with van der Waals surface area (Å²) in [6.07, 6.45) is 2.25. The minimum absolute atomic E-state index is 0.323. The largest absolute Gasteiger partial charge is 0.493 e. The molecule has 1 aromatic carbocycles. The van der Waals surface area contributed by atoms with Crippen LogP contribution in [-0.4, -0.2) is 29.9 Å². The maximum absolute atomic E-state index is 5.85. The molecular formula is C15H19N3O2. The van der Waals surface area contributed by atoms with Gasteiger partial charge in [-0.25, -0.2) is 0 Å². The molecule has 1 atom stereocenters. The van der Waals surface area contributed by atoms with Crippen LogP contribution in [0.2, 0.25) is 0 Å². The van der Waals surface area contributed by atoms with Gasteiger partial charge >= 0.3 is 0 Å². The molecule has 1 aliphatic rings. The van der Waals surface area contributed by atoms with Gasteiger partial charge in [-0.15, -0.1) is 10.2 Å². The molecule has 0 radical (unpaired) electrons. The van der Waals surface area contributed by atoms with Crippen LogP contribution in [-0.2, 0) is 0 Å². The summed E-state index contributed by atoms with van der Waals surface area (Å²) in [5.41, 5.74) is 0.858. The van der Waals surface area contributed by atoms with Gasteiger partial charge in [0.2, 0.25) is 5.89 Å². The van der Waals surface area contributed by atoms with E-state index in [0.29, 0.717) is 18.4 Å². The first kappa shape index (κ1) is 13.1. The Labute approximate surface area is 118 Å². The predicted octanol–water partition coefficient (Wildman–Crippen LogP) is 2.60. The van der Waals surface area contributed by atoms with Crippen LogP contribution in [0.4, 0.5) is 0 Å². The summed E-state index contributed by atoms with van der Waals surface area (Å²) < 4.78 is 11.5. The maximum Gasteiger partial charge on any atom is 0.251 e. The molecule has 20 heavy (non-hydrogen) atoms. The second kappa shape index (κ2) is 6.05. The quantitative estimate of drug-likeness (QED) is 0.927. The number of benzene rings is 1. The molecule has 1 N–H and O–H groups in total. The van der Waals surface area contributed by atoms with Gasteiger partial charge in [0.05, 0.1) is 12.2 Å². The second-order valence-corrected chi connectivity index (χ2v) is 4.92. The zero-order chi connectivity index (χ0) is 13.8. The van der Waals surface area contributed by atoms with E-state index in [4.69, 9.17) is 9.15 Å². The van der Waals surface area contributed by atoms with Crippen LogP contribution < -0.4 is 10.1 Å². The number of piperidine rings is 1. The molecule has 5 heteroatoms. The van der Waals surface area contributed by atoms with E-state index in [1.54, 1.807) is 0 Å². The summed E-state index contributed by atoms with van der Waals surface area (Å²) in [6, 6.07) is 7.76. The summed E-state index contributed by atoms with van der Waals surface area (Å²) >= 11 is 0. The van der Waals surface area contributed by atoms with Crippen molar-refractivity contribution in [1.82, 2.24) is 15.5 Å². The van der Waals surface area contributed by atoms with Crippen molar-refractivity contribution in [3.05, 3.63) is 30.2 Å². The fourth-order valence-electron chi connectivity index (χ4n) is 2.50. The summed E-state index contributed by atoms with van der Waals surface area (Å²) in [5.74, 6) is 2.37. The molecule has 1 fully saturated rings. The Bertz CT molecular complexity index is 562. The number of para-hydroxylation sites is 1. The predicted molar refractivity (Wildman–Crippen MR) is 75.7 cm³/mol. The molecule has 1 aromatic heterocycles. The molecule has 3 rings (SSSR count). The standard InChI is InChI=1S/C15H19N3O2/c1-2-19-13-8-4-3-7-12(13)15-18-17-14(20-15)11-6-5-9-16-10-11/h3-4,7-8,11,16H,2,5-6,9-10H2,1H3. The van der Waals surface area contributed by atoms with E-state index in [1.807, 2.05) is 31.2 Å². The number of nitrogens with zero attached hydrogens (tertiary/aromatic N) is 2. The maximum atomic E-state index is 5.85. The summed E-state index contributed by atoms with van der Waals surface area (Å²) in [5, 5.41) is 11.7. The van der Waals surface area contributed by atoms with Gasteiger partial charge in [-0.2, -0.15) is 0 Å². The van der Waals surface area contributed by atoms with Gasteiger partial charge in [-0.05, 0) is 38.4 Å². The minimum atomic E-state index is 0.323. The highest BCUT2D eigenvalue weighted by Crippen LogP contribution is 2.31. The van der Waals surface area contributed by atoms with Crippen molar-refractivity contribution in [2.75, 3.05) is 19.7 Å². The molecular weight excluding hydrogens is 254 g/mol. The molecule has 1 unspecified atom stereocenters. The van der Waals surface area contributed by atoms with Crippen LogP contribution in [0.25, 0.3) is 11.5 Å². The number of aromatic nitrogens is 2. The van der Waals surface area contributed by atoms with Crippen LogP contribution in [0.5, 0.6) is 5.75 Å². The molecule has 0 amide bonds. The van der Waals surface area contributed by atoms with E-state index < -0.39 is 0 Å². The number of nitrogens with one attached hydrogen (secondary N) is 1. The van der Waals surface area contributed by atoms with Gasteiger partial charge in [0.15, 0.2) is 0 Å². The molecule has 106 valence electrons. The fourth-order valence-corrected chi connectivity index (χ4v) is 2.50. The zero-order valence-corrected chi connectivity index (χ0v) is 11.6. The lowest BCUT2D eigenvalue weighted by molar-refractivity contribution is 0.339. The normalized spacial score (nSPS) is 18.9. The third-order valence-electron chi connectivity index (χ3n) is 3.50. The second-order valence-electron chi connectivity index (χ2n) is 4.92. The Kier molecular flexibility index (Phi) is 3.97. The van der Waals surface area contributed by atoms with Crippen LogP contribution >= 0.6 is 0 Å². The molecule has 2 heterocycles. The first-order valence-corrected chi connectivity index (χ1v) is 7.14. The average molecular weight is 273 g/mol. The molecule has 0 bridgehead atoms. The van der Waals surface area contributed by atoms with Gasteiger partial charge in [0.25, 0.3) is 5.89 Å². The lowest BCUT2D eigenvalue weighted by Gasteiger charge is -2.19. The average Bonchev–Trinajstić information content (AvgIpc) is 2.99. The molecule has 1 aliphatic heterocycles. The highest BCUT2D eigenvalue weighted by Gasteiger charge is 2.22. The number of hydrogen-bond donors (Lipinski definition) is 1. The Morgan fingerprint density at radius 1 is 1.35 bits per heavy atom. The lowest BCUT2D eigenvalue weighted by atomic mass is 10.00. The first-order valence-electron chi connectivity index (χ1n) is 7.14. The van der Waals surface area contributed by atoms with Crippen molar-refractivity contribution in [1.29, 1.82) is 0 Å². The van der Waals surface area contributed by atoms with E-state index in [-0.39, 0.29) is 0 Å². The Morgan fingerprint density at radius 3 is 3.05 bits per heavy atom. The number of ether oxygens (including phenoxy) is 1. The van der Waals surface area contributed by atoms with E-state index in [1.165, 1.54) is 0 Å². The van der Waals surface area contributed by atoms with Crippen LogP contribution in [0.15, 0.2) is 28.7 Å². The monoisotopic (exact) mass is 273 g/mol. The van der Waals surface area contributed by atoms with Crippen molar-refractivity contribution in [2.45, 2.75) is 25.7 Å². The molecule has 0 spiro atoms. The smallest absolute Gasteiger partial charge is 0.251 e. The third-order valence-corrected chi connectivity index (χ3v) is 3.50. The molecule has 2 aromatic rings. The summed E-state index contributed by atoms with van der Waals surface area (Å²) in [6.45, 7) is 4.56. The first-order chi connectivity index (χ1) is 9.88.